The summed E-state index contributed by atoms with van der Waals surface area (Å²) < 4.78 is 0. The number of carboxylic acids is 1. The van der Waals surface area contributed by atoms with Gasteiger partial charge >= 0.3 is 5.97 Å². The molecule has 0 aromatic heterocycles. The van der Waals surface area contributed by atoms with Crippen LogP contribution >= 0.6 is 0 Å². The second-order valence-corrected chi connectivity index (χ2v) is 5.24. The van der Waals surface area contributed by atoms with Gasteiger partial charge in [-0.05, 0) is 28.8 Å². The Hall–Kier alpha value is -2.36. The van der Waals surface area contributed by atoms with Crippen LogP contribution in [0.1, 0.15) is 30.6 Å². The molecule has 4 heteroatoms. The quantitative estimate of drug-likeness (QED) is 0.887. The Morgan fingerprint density at radius 3 is 2.43 bits per heavy atom. The van der Waals surface area contributed by atoms with Crippen LogP contribution in [0.15, 0.2) is 42.5 Å². The highest BCUT2D eigenvalue weighted by Crippen LogP contribution is 2.16. The molecule has 0 aliphatic carbocycles. The summed E-state index contributed by atoms with van der Waals surface area (Å²) in [6.45, 7) is 3.72. The lowest BCUT2D eigenvalue weighted by molar-refractivity contribution is -0.140. The van der Waals surface area contributed by atoms with Gasteiger partial charge in [-0.3, -0.25) is 4.79 Å². The molecule has 1 amide bonds. The molecular weight excluding hydrogens is 266 g/mol. The molecule has 0 bridgehead atoms. The molecule has 0 heterocycles. The highest BCUT2D eigenvalue weighted by atomic mass is 16.4. The van der Waals surface area contributed by atoms with Crippen LogP contribution in [-0.2, 0) is 4.79 Å². The summed E-state index contributed by atoms with van der Waals surface area (Å²) in [4.78, 5) is 23.5. The maximum absolute atomic E-state index is 12.2. The van der Waals surface area contributed by atoms with Gasteiger partial charge in [0.05, 0.1) is 0 Å². The number of amides is 1. The van der Waals surface area contributed by atoms with Gasteiger partial charge in [0.15, 0.2) is 0 Å². The zero-order valence-electron chi connectivity index (χ0n) is 12.2. The average molecular weight is 285 g/mol. The first-order chi connectivity index (χ1) is 10.0. The maximum Gasteiger partial charge on any atom is 0.326 e. The Morgan fingerprint density at radius 1 is 1.14 bits per heavy atom. The number of carbonyl (C=O) groups is 2. The van der Waals surface area contributed by atoms with Crippen molar-refractivity contribution in [2.24, 2.45) is 5.92 Å². The molecule has 2 rings (SSSR count). The fraction of sp³-hybridized carbons (Fsp3) is 0.294. The monoisotopic (exact) mass is 285 g/mol. The lowest BCUT2D eigenvalue weighted by atomic mass is 9.98. The molecule has 0 saturated heterocycles. The van der Waals surface area contributed by atoms with E-state index >= 15 is 0 Å². The summed E-state index contributed by atoms with van der Waals surface area (Å²) >= 11 is 0. The summed E-state index contributed by atoms with van der Waals surface area (Å²) in [6.07, 6.45) is 0.689. The first kappa shape index (κ1) is 15.0. The molecular formula is C17H19NO3. The van der Waals surface area contributed by atoms with Gasteiger partial charge in [0.25, 0.3) is 5.91 Å². The van der Waals surface area contributed by atoms with E-state index in [-0.39, 0.29) is 11.8 Å². The molecule has 0 radical (unpaired) electrons. The molecule has 0 saturated carbocycles. The molecule has 0 spiro atoms. The van der Waals surface area contributed by atoms with Gasteiger partial charge in [-0.1, -0.05) is 50.6 Å². The van der Waals surface area contributed by atoms with Crippen molar-refractivity contribution in [3.63, 3.8) is 0 Å². The maximum atomic E-state index is 12.2. The van der Waals surface area contributed by atoms with Crippen LogP contribution in [0.3, 0.4) is 0 Å². The van der Waals surface area contributed by atoms with Gasteiger partial charge in [-0.15, -0.1) is 0 Å². The van der Waals surface area contributed by atoms with Crippen molar-refractivity contribution in [2.75, 3.05) is 0 Å². The molecule has 4 nitrogen and oxygen atoms in total. The van der Waals surface area contributed by atoms with Crippen molar-refractivity contribution >= 4 is 22.6 Å². The molecule has 21 heavy (non-hydrogen) atoms. The van der Waals surface area contributed by atoms with Gasteiger partial charge in [-0.25, -0.2) is 4.79 Å². The number of benzene rings is 2. The minimum atomic E-state index is -1.00. The topological polar surface area (TPSA) is 66.4 Å². The number of fused-ring (bicyclic) bond motifs is 1. The Kier molecular flexibility index (Phi) is 4.58. The van der Waals surface area contributed by atoms with Gasteiger partial charge in [0.1, 0.15) is 6.04 Å². The van der Waals surface area contributed by atoms with Crippen molar-refractivity contribution in [1.82, 2.24) is 5.32 Å². The Labute approximate surface area is 123 Å². The summed E-state index contributed by atoms with van der Waals surface area (Å²) in [6, 6.07) is 12.2. The molecule has 110 valence electrons. The number of aliphatic carboxylic acids is 1. The lowest BCUT2D eigenvalue weighted by Crippen LogP contribution is -2.45. The molecule has 0 aliphatic heterocycles. The predicted octanol–water partition coefficient (Wildman–Crippen LogP) is 3.07. The van der Waals surface area contributed by atoms with Gasteiger partial charge < -0.3 is 10.4 Å². The SMILES string of the molecule is CCC(C)C(NC(=O)c1ccc2ccccc2c1)C(=O)O. The highest BCUT2D eigenvalue weighted by molar-refractivity contribution is 6.00. The molecule has 0 aliphatic rings. The second-order valence-electron chi connectivity index (χ2n) is 5.24. The molecule has 2 atom stereocenters. The van der Waals surface area contributed by atoms with Crippen LogP contribution in [0.5, 0.6) is 0 Å². The standard InChI is InChI=1S/C17H19NO3/c1-3-11(2)15(17(20)21)18-16(19)14-9-8-12-6-4-5-7-13(12)10-14/h4-11,15H,3H2,1-2H3,(H,18,19)(H,20,21). The Balaban J connectivity index is 2.23. The van der Waals surface area contributed by atoms with E-state index in [1.54, 1.807) is 12.1 Å². The van der Waals surface area contributed by atoms with Gasteiger partial charge in [0.2, 0.25) is 0 Å². The third kappa shape index (κ3) is 3.40. The van der Waals surface area contributed by atoms with E-state index in [0.717, 1.165) is 10.8 Å². The zero-order valence-corrected chi connectivity index (χ0v) is 12.2. The van der Waals surface area contributed by atoms with E-state index in [1.807, 2.05) is 44.2 Å². The van der Waals surface area contributed by atoms with E-state index in [1.165, 1.54) is 0 Å². The summed E-state index contributed by atoms with van der Waals surface area (Å²) in [5.41, 5.74) is 0.475. The third-order valence-electron chi connectivity index (χ3n) is 3.78. The number of carbonyl (C=O) groups excluding carboxylic acids is 1. The molecule has 2 N–H and O–H groups in total. The normalized spacial score (nSPS) is 13.6. The average Bonchev–Trinajstić information content (AvgIpc) is 2.50. The van der Waals surface area contributed by atoms with Crippen LogP contribution in [0.25, 0.3) is 10.8 Å². The van der Waals surface area contributed by atoms with E-state index in [9.17, 15) is 14.7 Å². The minimum absolute atomic E-state index is 0.119. The Morgan fingerprint density at radius 2 is 1.81 bits per heavy atom. The summed E-state index contributed by atoms with van der Waals surface area (Å²) in [5.74, 6) is -1.47. The van der Waals surface area contributed by atoms with Gasteiger partial charge in [0, 0.05) is 5.56 Å². The van der Waals surface area contributed by atoms with E-state index in [0.29, 0.717) is 12.0 Å². The van der Waals surface area contributed by atoms with E-state index < -0.39 is 12.0 Å². The molecule has 2 aromatic carbocycles. The lowest BCUT2D eigenvalue weighted by Gasteiger charge is -2.20. The van der Waals surface area contributed by atoms with Gasteiger partial charge in [-0.2, -0.15) is 0 Å². The minimum Gasteiger partial charge on any atom is -0.480 e. The predicted molar refractivity (Wildman–Crippen MR) is 82.3 cm³/mol. The van der Waals surface area contributed by atoms with Crippen molar-refractivity contribution in [2.45, 2.75) is 26.3 Å². The molecule has 2 unspecified atom stereocenters. The number of rotatable bonds is 5. The first-order valence-corrected chi connectivity index (χ1v) is 7.05. The van der Waals surface area contributed by atoms with Crippen molar-refractivity contribution < 1.29 is 14.7 Å². The van der Waals surface area contributed by atoms with E-state index in [4.69, 9.17) is 0 Å². The first-order valence-electron chi connectivity index (χ1n) is 7.05. The number of hydrogen-bond donors (Lipinski definition) is 2. The highest BCUT2D eigenvalue weighted by Gasteiger charge is 2.25. The van der Waals surface area contributed by atoms with Crippen LogP contribution < -0.4 is 5.32 Å². The van der Waals surface area contributed by atoms with Crippen LogP contribution in [0.2, 0.25) is 0 Å². The fourth-order valence-corrected chi connectivity index (χ4v) is 2.24. The largest absolute Gasteiger partial charge is 0.480 e. The van der Waals surface area contributed by atoms with E-state index in [2.05, 4.69) is 5.32 Å². The second kappa shape index (κ2) is 6.39. The third-order valence-corrected chi connectivity index (χ3v) is 3.78. The van der Waals surface area contributed by atoms with Crippen LogP contribution in [0.4, 0.5) is 0 Å². The van der Waals surface area contributed by atoms with Crippen molar-refractivity contribution in [3.05, 3.63) is 48.0 Å². The molecule has 0 fully saturated rings. The summed E-state index contributed by atoms with van der Waals surface area (Å²) in [5, 5.41) is 13.8. The fourth-order valence-electron chi connectivity index (χ4n) is 2.24. The molecule has 2 aromatic rings. The van der Waals surface area contributed by atoms with Crippen molar-refractivity contribution in [3.8, 4) is 0 Å². The summed E-state index contributed by atoms with van der Waals surface area (Å²) in [7, 11) is 0. The number of nitrogens with one attached hydrogen (secondary N) is 1. The number of carboxylic acid groups (broad SMARTS) is 1. The smallest absolute Gasteiger partial charge is 0.326 e. The van der Waals surface area contributed by atoms with Crippen LogP contribution in [0, 0.1) is 5.92 Å². The number of hydrogen-bond acceptors (Lipinski definition) is 2. The van der Waals surface area contributed by atoms with Crippen molar-refractivity contribution in [1.29, 1.82) is 0 Å². The Bertz CT molecular complexity index is 666. The van der Waals surface area contributed by atoms with Crippen LogP contribution in [-0.4, -0.2) is 23.0 Å². The zero-order chi connectivity index (χ0) is 15.4.